The number of quaternary nitrogens is 1. The average molecular weight is 539 g/mol. The summed E-state index contributed by atoms with van der Waals surface area (Å²) < 4.78 is -0.414. The molecule has 0 amide bonds. The molecule has 2 heterocycles. The summed E-state index contributed by atoms with van der Waals surface area (Å²) >= 11 is 0. The third-order valence-corrected chi connectivity index (χ3v) is 9.22. The van der Waals surface area contributed by atoms with E-state index in [1.54, 1.807) is 0 Å². The van der Waals surface area contributed by atoms with Gasteiger partial charge >= 0.3 is 6.47 Å². The lowest BCUT2D eigenvalue weighted by Crippen LogP contribution is -2.51. The van der Waals surface area contributed by atoms with E-state index in [0.717, 1.165) is 49.3 Å². The van der Waals surface area contributed by atoms with Crippen LogP contribution >= 0.6 is 0 Å². The summed E-state index contributed by atoms with van der Waals surface area (Å²) in [6.45, 7) is 12.1. The van der Waals surface area contributed by atoms with Gasteiger partial charge in [0.2, 0.25) is 11.4 Å². The molecule has 1 atom stereocenters. The van der Waals surface area contributed by atoms with Crippen molar-refractivity contribution in [2.45, 2.75) is 52.5 Å². The molecular weight excluding hydrogens is 498 g/mol. The molecule has 7 nitrogen and oxygen atoms in total. The van der Waals surface area contributed by atoms with Crippen molar-refractivity contribution in [3.63, 3.8) is 0 Å². The molecule has 1 unspecified atom stereocenters. The van der Waals surface area contributed by atoms with Gasteiger partial charge in [-0.1, -0.05) is 50.2 Å². The first-order valence-electron chi connectivity index (χ1n) is 14.6. The zero-order chi connectivity index (χ0) is 27.7. The summed E-state index contributed by atoms with van der Waals surface area (Å²) in [7, 11) is 0. The van der Waals surface area contributed by atoms with Crippen molar-refractivity contribution in [3.05, 3.63) is 72.8 Å². The number of para-hydroxylation sites is 1. The van der Waals surface area contributed by atoms with Crippen molar-refractivity contribution in [2.75, 3.05) is 31.1 Å². The summed E-state index contributed by atoms with van der Waals surface area (Å²) in [6.07, 6.45) is 5.45. The van der Waals surface area contributed by atoms with E-state index in [4.69, 9.17) is 4.84 Å². The van der Waals surface area contributed by atoms with E-state index in [0.29, 0.717) is 28.9 Å². The van der Waals surface area contributed by atoms with Gasteiger partial charge in [0.25, 0.3) is 0 Å². The molecule has 0 bridgehead atoms. The number of hydrogen-bond acceptors (Lipinski definition) is 6. The molecule has 0 aromatic heterocycles. The van der Waals surface area contributed by atoms with Gasteiger partial charge in [-0.3, -0.25) is 4.90 Å². The highest BCUT2D eigenvalue weighted by Gasteiger charge is 2.45. The molecule has 7 heteroatoms. The predicted octanol–water partition coefficient (Wildman–Crippen LogP) is 7.82. The lowest BCUT2D eigenvalue weighted by Gasteiger charge is -2.44. The molecule has 208 valence electrons. The number of anilines is 1. The minimum atomic E-state index is -0.414. The third-order valence-electron chi connectivity index (χ3n) is 9.22. The van der Waals surface area contributed by atoms with Gasteiger partial charge in [0.15, 0.2) is 5.69 Å². The Hall–Kier alpha value is -3.55. The van der Waals surface area contributed by atoms with Gasteiger partial charge in [-0.2, -0.15) is 0 Å². The maximum atomic E-state index is 11.4. The normalized spacial score (nSPS) is 25.0. The molecule has 3 aromatic rings. The Morgan fingerprint density at radius 1 is 0.825 bits per heavy atom. The van der Waals surface area contributed by atoms with Crippen LogP contribution in [0.2, 0.25) is 0 Å². The first-order chi connectivity index (χ1) is 19.4. The molecule has 1 aliphatic carbocycles. The quantitative estimate of drug-likeness (QED) is 0.237. The van der Waals surface area contributed by atoms with Crippen LogP contribution in [-0.4, -0.2) is 43.6 Å². The fourth-order valence-corrected chi connectivity index (χ4v) is 6.73. The molecular formula is C33H40N5O2+. The molecule has 0 radical (unpaired) electrons. The Morgan fingerprint density at radius 3 is 2.08 bits per heavy atom. The number of benzene rings is 3. The van der Waals surface area contributed by atoms with Crippen molar-refractivity contribution < 1.29 is 9.63 Å². The molecule has 3 aliphatic rings. The minimum Gasteiger partial charge on any atom is -0.369 e. The number of carbonyl (C=O) groups is 1. The molecule has 1 saturated carbocycles. The molecule has 0 spiro atoms. The molecule has 6 rings (SSSR count). The van der Waals surface area contributed by atoms with Gasteiger partial charge in [-0.15, -0.1) is 0 Å². The maximum absolute atomic E-state index is 11.4. The van der Waals surface area contributed by atoms with Crippen LogP contribution in [0.5, 0.6) is 0 Å². The first-order valence-corrected chi connectivity index (χ1v) is 14.6. The standard InChI is InChI=1S/C33H40N5O2/c1-33(2,3)27-12-16-29(17-13-27)37-22-20-36(21-23-37)28-14-8-25(9-15-28)26-10-18-30(19-11-26)38(40-24-39)32-7-5-4-6-31(32)34-35-38/h4-11,14-15,18-19,24,27,29H,12-13,16-17,20-23H2,1-3H3/q+1/t27-,29-,38?. The average Bonchev–Trinajstić information content (AvgIpc) is 3.37. The molecule has 2 aliphatic heterocycles. The molecule has 2 fully saturated rings. The van der Waals surface area contributed by atoms with Gasteiger partial charge < -0.3 is 4.90 Å². The van der Waals surface area contributed by atoms with Gasteiger partial charge in [0, 0.05) is 56.1 Å². The van der Waals surface area contributed by atoms with Crippen molar-refractivity contribution in [1.82, 2.24) is 9.66 Å². The van der Waals surface area contributed by atoms with E-state index in [9.17, 15) is 4.79 Å². The number of piperazine rings is 1. The molecule has 0 N–H and O–H groups in total. The number of rotatable bonds is 6. The van der Waals surface area contributed by atoms with Gasteiger partial charge in [0.05, 0.1) is 9.98 Å². The van der Waals surface area contributed by atoms with E-state index in [2.05, 4.69) is 65.2 Å². The highest BCUT2D eigenvalue weighted by molar-refractivity contribution is 5.74. The zero-order valence-corrected chi connectivity index (χ0v) is 23.9. The second kappa shape index (κ2) is 10.8. The summed E-state index contributed by atoms with van der Waals surface area (Å²) in [5.41, 5.74) is 6.09. The van der Waals surface area contributed by atoms with Crippen LogP contribution in [0.25, 0.3) is 11.1 Å². The van der Waals surface area contributed by atoms with Crippen LogP contribution in [0.3, 0.4) is 0 Å². The van der Waals surface area contributed by atoms with Crippen molar-refractivity contribution >= 4 is 29.2 Å². The van der Waals surface area contributed by atoms with Gasteiger partial charge in [0.1, 0.15) is 0 Å². The number of carbonyl (C=O) groups excluding carboxylic acids is 1. The van der Waals surface area contributed by atoms with Crippen LogP contribution in [0.1, 0.15) is 46.5 Å². The van der Waals surface area contributed by atoms with E-state index in [1.165, 1.54) is 31.4 Å². The number of nitrogens with zero attached hydrogens (tertiary/aromatic N) is 5. The fourth-order valence-electron chi connectivity index (χ4n) is 6.73. The van der Waals surface area contributed by atoms with E-state index < -0.39 is 4.76 Å². The second-order valence-electron chi connectivity index (χ2n) is 12.4. The monoisotopic (exact) mass is 538 g/mol. The van der Waals surface area contributed by atoms with E-state index >= 15 is 0 Å². The summed E-state index contributed by atoms with van der Waals surface area (Å²) in [5, 5.41) is 8.54. The lowest BCUT2D eigenvalue weighted by molar-refractivity contribution is -0.156. The van der Waals surface area contributed by atoms with Gasteiger partial charge in [-0.25, -0.2) is 9.63 Å². The fraction of sp³-hybridized carbons (Fsp3) is 0.424. The third kappa shape index (κ3) is 5.04. The Bertz CT molecular complexity index is 1350. The highest BCUT2D eigenvalue weighted by atomic mass is 16.8. The topological polar surface area (TPSA) is 57.5 Å². The SMILES string of the molecule is CC(C)(C)[C@H]1CC[C@H](N2CCN(c3ccc(-c4ccc([N+]5(OC=O)N=Nc6ccccc65)cc4)cc3)CC2)CC1. The van der Waals surface area contributed by atoms with Crippen molar-refractivity contribution in [2.24, 2.45) is 21.7 Å². The molecule has 3 aromatic carbocycles. The Kier molecular flexibility index (Phi) is 7.19. The lowest BCUT2D eigenvalue weighted by atomic mass is 9.71. The highest BCUT2D eigenvalue weighted by Crippen LogP contribution is 2.47. The predicted molar refractivity (Wildman–Crippen MR) is 160 cm³/mol. The van der Waals surface area contributed by atoms with E-state index in [-0.39, 0.29) is 0 Å². The zero-order valence-electron chi connectivity index (χ0n) is 23.9. The number of fused-ring (bicyclic) bond motifs is 1. The second-order valence-corrected chi connectivity index (χ2v) is 12.4. The summed E-state index contributed by atoms with van der Waals surface area (Å²) in [6, 6.07) is 25.1. The van der Waals surface area contributed by atoms with Crippen LogP contribution in [-0.2, 0) is 9.63 Å². The maximum Gasteiger partial charge on any atom is 0.360 e. The Balaban J connectivity index is 1.09. The molecule has 1 saturated heterocycles. The van der Waals surface area contributed by atoms with Crippen LogP contribution < -0.4 is 9.66 Å². The van der Waals surface area contributed by atoms with E-state index in [1.807, 2.05) is 48.5 Å². The van der Waals surface area contributed by atoms with Crippen LogP contribution in [0.15, 0.2) is 83.1 Å². The van der Waals surface area contributed by atoms with Crippen molar-refractivity contribution in [3.8, 4) is 11.1 Å². The van der Waals surface area contributed by atoms with Crippen LogP contribution in [0, 0.1) is 11.3 Å². The Morgan fingerprint density at radius 2 is 1.45 bits per heavy atom. The number of hydrogen-bond donors (Lipinski definition) is 0. The van der Waals surface area contributed by atoms with Gasteiger partial charge in [-0.05, 0) is 78.5 Å². The summed E-state index contributed by atoms with van der Waals surface area (Å²) in [4.78, 5) is 22.1. The Labute approximate surface area is 237 Å². The first kappa shape index (κ1) is 26.7. The van der Waals surface area contributed by atoms with Crippen molar-refractivity contribution in [1.29, 1.82) is 0 Å². The largest absolute Gasteiger partial charge is 0.369 e. The summed E-state index contributed by atoms with van der Waals surface area (Å²) in [5.74, 6) is 0.870. The minimum absolute atomic E-state index is 0.414. The van der Waals surface area contributed by atoms with Crippen LogP contribution in [0.4, 0.5) is 22.7 Å². The molecule has 40 heavy (non-hydrogen) atoms. The smallest absolute Gasteiger partial charge is 0.360 e.